The molecule has 0 aromatic carbocycles. The van der Waals surface area contributed by atoms with Crippen molar-refractivity contribution in [3.8, 4) is 0 Å². The molecule has 0 fully saturated rings. The van der Waals surface area contributed by atoms with Crippen molar-refractivity contribution >= 4 is 6.71 Å². The number of hydrogen-bond donors (Lipinski definition) is 0. The van der Waals surface area contributed by atoms with Gasteiger partial charge in [0.05, 0.1) is 0 Å². The summed E-state index contributed by atoms with van der Waals surface area (Å²) in [6.07, 6.45) is -17.9. The molecule has 0 saturated carbocycles. The molecule has 0 aliphatic rings. The van der Waals surface area contributed by atoms with Crippen molar-refractivity contribution in [1.82, 2.24) is 0 Å². The molecule has 0 heterocycles. The van der Waals surface area contributed by atoms with E-state index in [0.717, 1.165) is 0 Å². The van der Waals surface area contributed by atoms with Crippen molar-refractivity contribution in [1.29, 1.82) is 0 Å². The van der Waals surface area contributed by atoms with Gasteiger partial charge in [0.15, 0.2) is 0 Å². The van der Waals surface area contributed by atoms with Gasteiger partial charge < -0.3 is 0 Å². The van der Waals surface area contributed by atoms with Gasteiger partial charge >= 0.3 is 43.8 Å². The molecule has 0 N–H and O–H groups in total. The van der Waals surface area contributed by atoms with Crippen LogP contribution in [0.5, 0.6) is 0 Å². The molecule has 28 heavy (non-hydrogen) atoms. The normalized spacial score (nSPS) is 15.8. The molecule has 0 rings (SSSR count). The molecule has 19 heteroatoms. The van der Waals surface area contributed by atoms with Crippen molar-refractivity contribution in [2.45, 2.75) is 54.5 Å². The van der Waals surface area contributed by atoms with E-state index in [4.69, 9.17) is 0 Å². The maximum Gasteiger partial charge on any atom is 0.421 e. The van der Waals surface area contributed by atoms with Crippen LogP contribution in [0.2, 0.25) is 0 Å². The minimum Gasteiger partial charge on any atom is -0.210 e. The second-order valence-electron chi connectivity index (χ2n) is 5.07. The molecule has 0 aromatic heterocycles. The Balaban J connectivity index is 7.12. The Labute approximate surface area is 141 Å². The van der Waals surface area contributed by atoms with Crippen molar-refractivity contribution in [2.24, 2.45) is 0 Å². The number of rotatable bonds is 9. The average molecular weight is 464 g/mol. The van der Waals surface area contributed by atoms with Crippen molar-refractivity contribution < 1.29 is 79.0 Å². The van der Waals surface area contributed by atoms with Gasteiger partial charge in [0.25, 0.3) is 17.5 Å². The van der Waals surface area contributed by atoms with Crippen LogP contribution < -0.4 is 0 Å². The van der Waals surface area contributed by atoms with Crippen LogP contribution >= 0.6 is 0 Å². The van der Waals surface area contributed by atoms with E-state index in [0.29, 0.717) is 0 Å². The molecule has 0 atom stereocenters. The lowest BCUT2D eigenvalue weighted by Crippen LogP contribution is -2.78. The Morgan fingerprint density at radius 1 is 0.357 bits per heavy atom. The highest BCUT2D eigenvalue weighted by atomic mass is 19.4. The standard InChI is InChI=1S/C9H3BF18/c11-1(12)4(17,18)7(23,24)10(8(25,26)5(19,20)2(13)14)9(27,28)6(21,22)3(15)16/h1-3H. The lowest BCUT2D eigenvalue weighted by Gasteiger charge is -2.42. The van der Waals surface area contributed by atoms with Crippen molar-refractivity contribution in [2.75, 3.05) is 0 Å². The molecule has 0 unspecified atom stereocenters. The molecule has 0 saturated heterocycles. The number of alkyl halides is 18. The maximum absolute atomic E-state index is 13.3. The third-order valence-corrected chi connectivity index (χ3v) is 3.24. The lowest BCUT2D eigenvalue weighted by atomic mass is 9.32. The van der Waals surface area contributed by atoms with Gasteiger partial charge in [0.2, 0.25) is 0 Å². The van der Waals surface area contributed by atoms with Gasteiger partial charge in [-0.2, -0.15) is 26.3 Å². The molecule has 0 aromatic rings. The summed E-state index contributed by atoms with van der Waals surface area (Å²) in [5.41, 5.74) is 0. The van der Waals surface area contributed by atoms with Gasteiger partial charge in [-0.25, -0.2) is 52.7 Å². The molecular formula is C9H3BF18. The van der Waals surface area contributed by atoms with Crippen LogP contribution in [0.3, 0.4) is 0 Å². The Morgan fingerprint density at radius 2 is 0.500 bits per heavy atom. The quantitative estimate of drug-likeness (QED) is 0.304. The molecular weight excluding hydrogens is 461 g/mol. The van der Waals surface area contributed by atoms with Crippen molar-refractivity contribution in [3.63, 3.8) is 0 Å². The Morgan fingerprint density at radius 3 is 0.607 bits per heavy atom. The van der Waals surface area contributed by atoms with E-state index in [1.807, 2.05) is 0 Å². The average Bonchev–Trinajstić information content (AvgIpc) is 2.44. The van der Waals surface area contributed by atoms with Gasteiger partial charge in [-0.15, -0.1) is 0 Å². The van der Waals surface area contributed by atoms with Crippen LogP contribution in [0.1, 0.15) is 0 Å². The predicted octanol–water partition coefficient (Wildman–Crippen LogP) is 5.71. The third kappa shape index (κ3) is 3.68. The molecule has 0 spiro atoms. The molecule has 0 aliphatic heterocycles. The molecule has 0 nitrogen and oxygen atoms in total. The number of halogens is 18. The first-order valence-corrected chi connectivity index (χ1v) is 6.06. The Kier molecular flexibility index (Phi) is 6.94. The minimum absolute atomic E-state index is 5.98. The predicted molar refractivity (Wildman–Crippen MR) is 53.4 cm³/mol. The lowest BCUT2D eigenvalue weighted by molar-refractivity contribution is -0.278. The SMILES string of the molecule is FC(F)C(F)(F)C(F)(F)B(C(F)(F)C(F)(F)C(F)F)C(F)(F)C(F)(F)C(F)F. The summed E-state index contributed by atoms with van der Waals surface area (Å²) in [4.78, 5) is 0. The van der Waals surface area contributed by atoms with Crippen LogP contribution in [0, 0.1) is 0 Å². The molecule has 0 bridgehead atoms. The van der Waals surface area contributed by atoms with Gasteiger partial charge in [-0.05, 0) is 0 Å². The smallest absolute Gasteiger partial charge is 0.210 e. The summed E-state index contributed by atoms with van der Waals surface area (Å²) in [6, 6.07) is 0. The van der Waals surface area contributed by atoms with E-state index in [2.05, 4.69) is 0 Å². The highest BCUT2D eigenvalue weighted by Gasteiger charge is 2.90. The zero-order chi connectivity index (χ0) is 23.3. The van der Waals surface area contributed by atoms with Gasteiger partial charge in [-0.1, -0.05) is 0 Å². The fourth-order valence-corrected chi connectivity index (χ4v) is 1.70. The van der Waals surface area contributed by atoms with Gasteiger partial charge in [0, 0.05) is 0 Å². The van der Waals surface area contributed by atoms with E-state index >= 15 is 0 Å². The molecule has 168 valence electrons. The fourth-order valence-electron chi connectivity index (χ4n) is 1.70. The van der Waals surface area contributed by atoms with E-state index in [-0.39, 0.29) is 0 Å². The molecule has 0 amide bonds. The first-order valence-electron chi connectivity index (χ1n) is 6.06. The zero-order valence-corrected chi connectivity index (χ0v) is 12.1. The molecule has 0 aliphatic carbocycles. The first kappa shape index (κ1) is 26.8. The van der Waals surface area contributed by atoms with Crippen molar-refractivity contribution in [3.05, 3.63) is 0 Å². The maximum atomic E-state index is 13.3. The van der Waals surface area contributed by atoms with Crippen LogP contribution in [0.25, 0.3) is 0 Å². The Hall–Kier alpha value is -1.20. The van der Waals surface area contributed by atoms with E-state index in [1.165, 1.54) is 0 Å². The first-order chi connectivity index (χ1) is 11.9. The van der Waals surface area contributed by atoms with Crippen LogP contribution in [-0.2, 0) is 0 Å². The number of hydrogen-bond acceptors (Lipinski definition) is 0. The summed E-state index contributed by atoms with van der Waals surface area (Å²) in [5.74, 6) is -46.7. The molecule has 0 radical (unpaired) electrons. The van der Waals surface area contributed by atoms with E-state index < -0.39 is 61.2 Å². The zero-order valence-electron chi connectivity index (χ0n) is 12.1. The summed E-state index contributed by atoms with van der Waals surface area (Å²) in [5, 5.41) is 0. The topological polar surface area (TPSA) is 0 Å². The van der Waals surface area contributed by atoms with Gasteiger partial charge in [-0.3, -0.25) is 0 Å². The summed E-state index contributed by atoms with van der Waals surface area (Å²) >= 11 is 0. The Bertz CT molecular complexity index is 461. The highest BCUT2D eigenvalue weighted by Crippen LogP contribution is 2.57. The monoisotopic (exact) mass is 464 g/mol. The summed E-state index contributed by atoms with van der Waals surface area (Å²) < 4.78 is 229. The second kappa shape index (κ2) is 7.25. The highest BCUT2D eigenvalue weighted by molar-refractivity contribution is 6.67. The fraction of sp³-hybridized carbons (Fsp3) is 1.00. The third-order valence-electron chi connectivity index (χ3n) is 3.24. The summed E-state index contributed by atoms with van der Waals surface area (Å²) in [7, 11) is 0. The van der Waals surface area contributed by atoms with Gasteiger partial charge in [0.1, 0.15) is 0 Å². The van der Waals surface area contributed by atoms with E-state index in [1.54, 1.807) is 0 Å². The largest absolute Gasteiger partial charge is 0.421 e. The van der Waals surface area contributed by atoms with Crippen LogP contribution in [0.15, 0.2) is 0 Å². The van der Waals surface area contributed by atoms with Crippen LogP contribution in [-0.4, -0.2) is 61.2 Å². The second-order valence-corrected chi connectivity index (χ2v) is 5.07. The minimum atomic E-state index is -8.02. The summed E-state index contributed by atoms with van der Waals surface area (Å²) in [6.45, 7) is -7.12. The van der Waals surface area contributed by atoms with Crippen LogP contribution in [0.4, 0.5) is 79.0 Å². The van der Waals surface area contributed by atoms with E-state index in [9.17, 15) is 79.0 Å².